The van der Waals surface area contributed by atoms with Crippen LogP contribution in [-0.2, 0) is 0 Å². The summed E-state index contributed by atoms with van der Waals surface area (Å²) in [5.41, 5.74) is 0.161. The second-order valence-electron chi connectivity index (χ2n) is 6.73. The zero-order valence-electron chi connectivity index (χ0n) is 12.5. The molecule has 2 aliphatic carbocycles. The van der Waals surface area contributed by atoms with E-state index in [4.69, 9.17) is 11.6 Å². The van der Waals surface area contributed by atoms with Gasteiger partial charge in [0.25, 0.3) is 5.56 Å². The molecule has 0 amide bonds. The van der Waals surface area contributed by atoms with Crippen molar-refractivity contribution in [2.45, 2.75) is 70.3 Å². The molecule has 4 nitrogen and oxygen atoms in total. The molecule has 21 heavy (non-hydrogen) atoms. The van der Waals surface area contributed by atoms with Crippen molar-refractivity contribution in [1.82, 2.24) is 9.55 Å². The summed E-state index contributed by atoms with van der Waals surface area (Å²) in [5, 5.41) is 0.261. The second-order valence-corrected chi connectivity index (χ2v) is 7.11. The lowest BCUT2D eigenvalue weighted by Crippen LogP contribution is -2.41. The van der Waals surface area contributed by atoms with E-state index in [1.807, 2.05) is 0 Å². The summed E-state index contributed by atoms with van der Waals surface area (Å²) in [6.07, 6.45) is 8.27. The van der Waals surface area contributed by atoms with Gasteiger partial charge in [-0.05, 0) is 50.4 Å². The van der Waals surface area contributed by atoms with Gasteiger partial charge in [0, 0.05) is 6.04 Å². The van der Waals surface area contributed by atoms with Crippen LogP contribution in [0.3, 0.4) is 0 Å². The summed E-state index contributed by atoms with van der Waals surface area (Å²) in [6.45, 7) is 2.23. The third-order valence-electron chi connectivity index (χ3n) is 5.24. The second kappa shape index (κ2) is 5.99. The van der Waals surface area contributed by atoms with Crippen molar-refractivity contribution in [1.29, 1.82) is 0 Å². The maximum atomic E-state index is 12.8. The van der Waals surface area contributed by atoms with Gasteiger partial charge in [0.05, 0.1) is 5.56 Å². The van der Waals surface area contributed by atoms with Gasteiger partial charge < -0.3 is 0 Å². The Balaban J connectivity index is 2.02. The first-order valence-electron chi connectivity index (χ1n) is 8.12. The van der Waals surface area contributed by atoms with Gasteiger partial charge in [-0.15, -0.1) is 0 Å². The predicted octanol–water partition coefficient (Wildman–Crippen LogP) is 3.60. The molecule has 0 unspecified atom stereocenters. The lowest BCUT2D eigenvalue weighted by atomic mass is 9.87. The number of nitrogens with zero attached hydrogens (tertiary/aromatic N) is 1. The normalized spacial score (nSPS) is 27.1. The van der Waals surface area contributed by atoms with Gasteiger partial charge in [0.15, 0.2) is 0 Å². The molecule has 2 aliphatic rings. The Morgan fingerprint density at radius 2 is 1.67 bits per heavy atom. The lowest BCUT2D eigenvalue weighted by Gasteiger charge is -2.27. The van der Waals surface area contributed by atoms with E-state index in [-0.39, 0.29) is 28.4 Å². The molecular formula is C16H23ClN2O2. The summed E-state index contributed by atoms with van der Waals surface area (Å²) in [4.78, 5) is 27.8. The number of aromatic nitrogens is 2. The van der Waals surface area contributed by atoms with Gasteiger partial charge in [0.1, 0.15) is 5.15 Å². The van der Waals surface area contributed by atoms with E-state index in [2.05, 4.69) is 11.9 Å². The summed E-state index contributed by atoms with van der Waals surface area (Å²) >= 11 is 6.18. The standard InChI is InChI=1S/C16H23ClN2O2/c1-10-6-8-12(9-7-10)19-15(20)13(11-4-2-3-5-11)14(17)18-16(19)21/h10-12H,2-9H2,1H3,(H,18,21). The van der Waals surface area contributed by atoms with Crippen molar-refractivity contribution in [3.8, 4) is 0 Å². The fourth-order valence-electron chi connectivity index (χ4n) is 3.94. The van der Waals surface area contributed by atoms with Crippen molar-refractivity contribution in [3.63, 3.8) is 0 Å². The van der Waals surface area contributed by atoms with Crippen LogP contribution in [0.15, 0.2) is 9.59 Å². The number of rotatable bonds is 2. The minimum Gasteiger partial charge on any atom is -0.297 e. The molecule has 1 N–H and O–H groups in total. The highest BCUT2D eigenvalue weighted by molar-refractivity contribution is 6.30. The van der Waals surface area contributed by atoms with Crippen molar-refractivity contribution in [2.24, 2.45) is 5.92 Å². The molecule has 0 spiro atoms. The van der Waals surface area contributed by atoms with Crippen molar-refractivity contribution >= 4 is 11.6 Å². The number of halogens is 1. The summed E-state index contributed by atoms with van der Waals surface area (Å²) in [6, 6.07) is 0.0369. The van der Waals surface area contributed by atoms with E-state index in [9.17, 15) is 9.59 Å². The van der Waals surface area contributed by atoms with E-state index < -0.39 is 0 Å². The number of hydrogen-bond donors (Lipinski definition) is 1. The highest BCUT2D eigenvalue weighted by atomic mass is 35.5. The molecular weight excluding hydrogens is 288 g/mol. The SMILES string of the molecule is CC1CCC(n2c(=O)[nH]c(Cl)c(C3CCCC3)c2=O)CC1. The van der Waals surface area contributed by atoms with Gasteiger partial charge in [-0.1, -0.05) is 31.4 Å². The number of aromatic amines is 1. The van der Waals surface area contributed by atoms with Crippen LogP contribution >= 0.6 is 11.6 Å². The van der Waals surface area contributed by atoms with E-state index >= 15 is 0 Å². The van der Waals surface area contributed by atoms with Gasteiger partial charge in [-0.25, -0.2) is 4.79 Å². The lowest BCUT2D eigenvalue weighted by molar-refractivity contribution is 0.277. The highest BCUT2D eigenvalue weighted by Crippen LogP contribution is 2.35. The zero-order valence-corrected chi connectivity index (χ0v) is 13.3. The maximum Gasteiger partial charge on any atom is 0.329 e. The molecule has 0 aliphatic heterocycles. The quantitative estimate of drug-likeness (QED) is 0.849. The van der Waals surface area contributed by atoms with Crippen LogP contribution in [0.1, 0.15) is 75.8 Å². The van der Waals surface area contributed by atoms with Crippen LogP contribution in [-0.4, -0.2) is 9.55 Å². The fourth-order valence-corrected chi connectivity index (χ4v) is 4.25. The van der Waals surface area contributed by atoms with Crippen LogP contribution < -0.4 is 11.2 Å². The molecule has 1 aromatic heterocycles. The largest absolute Gasteiger partial charge is 0.329 e. The molecule has 0 aromatic carbocycles. The first kappa shape index (κ1) is 14.9. The molecule has 0 bridgehead atoms. The molecule has 0 atom stereocenters. The highest BCUT2D eigenvalue weighted by Gasteiger charge is 2.28. The van der Waals surface area contributed by atoms with Gasteiger partial charge in [-0.2, -0.15) is 0 Å². The molecule has 2 fully saturated rings. The van der Waals surface area contributed by atoms with E-state index in [1.165, 1.54) is 4.57 Å². The van der Waals surface area contributed by atoms with Crippen LogP contribution in [0.2, 0.25) is 5.15 Å². The van der Waals surface area contributed by atoms with Crippen LogP contribution in [0.25, 0.3) is 0 Å². The summed E-state index contributed by atoms with van der Waals surface area (Å²) in [5.74, 6) is 0.910. The number of nitrogens with one attached hydrogen (secondary N) is 1. The molecule has 3 rings (SSSR count). The number of hydrogen-bond acceptors (Lipinski definition) is 2. The molecule has 5 heteroatoms. The Labute approximate surface area is 129 Å². The Kier molecular flexibility index (Phi) is 4.25. The summed E-state index contributed by atoms with van der Waals surface area (Å²) in [7, 11) is 0. The third kappa shape index (κ3) is 2.83. The predicted molar refractivity (Wildman–Crippen MR) is 84.2 cm³/mol. The van der Waals surface area contributed by atoms with Gasteiger partial charge >= 0.3 is 5.69 Å². The van der Waals surface area contributed by atoms with Gasteiger partial charge in [0.2, 0.25) is 0 Å². The first-order chi connectivity index (χ1) is 10.1. The first-order valence-corrected chi connectivity index (χ1v) is 8.50. The minimum atomic E-state index is -0.341. The van der Waals surface area contributed by atoms with E-state index in [0.717, 1.165) is 51.4 Å². The van der Waals surface area contributed by atoms with E-state index in [1.54, 1.807) is 0 Å². The van der Waals surface area contributed by atoms with Gasteiger partial charge in [-0.3, -0.25) is 14.3 Å². The van der Waals surface area contributed by atoms with Crippen LogP contribution in [0.5, 0.6) is 0 Å². The Bertz CT molecular complexity index is 620. The topological polar surface area (TPSA) is 54.9 Å². The molecule has 0 radical (unpaired) electrons. The van der Waals surface area contributed by atoms with Crippen molar-refractivity contribution < 1.29 is 0 Å². The Morgan fingerprint density at radius 3 is 2.29 bits per heavy atom. The van der Waals surface area contributed by atoms with Crippen molar-refractivity contribution in [2.75, 3.05) is 0 Å². The van der Waals surface area contributed by atoms with Crippen LogP contribution in [0.4, 0.5) is 0 Å². The fraction of sp³-hybridized carbons (Fsp3) is 0.750. The summed E-state index contributed by atoms with van der Waals surface area (Å²) < 4.78 is 1.45. The minimum absolute atomic E-state index is 0.0369. The van der Waals surface area contributed by atoms with Crippen molar-refractivity contribution in [3.05, 3.63) is 31.6 Å². The monoisotopic (exact) mass is 310 g/mol. The molecule has 1 heterocycles. The molecule has 116 valence electrons. The molecule has 2 saturated carbocycles. The van der Waals surface area contributed by atoms with Crippen LogP contribution in [0, 0.1) is 5.92 Å². The van der Waals surface area contributed by atoms with E-state index in [0.29, 0.717) is 11.5 Å². The maximum absolute atomic E-state index is 12.8. The zero-order chi connectivity index (χ0) is 15.0. The molecule has 1 aromatic rings. The Morgan fingerprint density at radius 1 is 1.05 bits per heavy atom. The third-order valence-corrected chi connectivity index (χ3v) is 5.53. The number of H-pyrrole nitrogens is 1. The Hall–Kier alpha value is -1.03. The average molecular weight is 311 g/mol. The average Bonchev–Trinajstić information content (AvgIpc) is 2.94. The molecule has 0 saturated heterocycles. The smallest absolute Gasteiger partial charge is 0.297 e.